The predicted octanol–water partition coefficient (Wildman–Crippen LogP) is -1.32. The summed E-state index contributed by atoms with van der Waals surface area (Å²) in [5, 5.41) is 95.9. The zero-order valence-corrected chi connectivity index (χ0v) is 47.7. The maximum absolute atomic E-state index is 14.2. The van der Waals surface area contributed by atoms with Crippen LogP contribution in [0.1, 0.15) is 128 Å². The number of hydrogen-bond acceptors (Lipinski definition) is 25. The van der Waals surface area contributed by atoms with E-state index < -0.39 is 242 Å². The van der Waals surface area contributed by atoms with Gasteiger partial charge < -0.3 is 90.0 Å². The van der Waals surface area contributed by atoms with Crippen LogP contribution in [-0.4, -0.2) is 207 Å². The standard InChI is InChI=1S/C56H71N3O27/c1-26-47(69)35(21-42(85-26)86-56(79)25-55(78,38(64)23-60)22-33-46(56)51(73)45-44(49(33)71)48(70)32-7-6-8-37(81-5)43(32)50(45)72)58-40(66)13-11-34(36(63)20-30(53(75)76)10-14-41(67)68)59-52(74)29(9-12-39(65)57-15-16-82-18-17-80-4)19-31(62)24-83-54(77)27(2)84-28(3)61/h6-8,26-27,29-30,34-35,42,47,60,69,71,73,78-79H,9-25H2,1-5H3,(H,57,65)(H,58,66)(H,59,74)(H,67,68)(H,75,76)/t26-,27?,29?,30?,34?,35-,42-,47+,55-,56-/m0/s1. The number of carbonyl (C=O) groups excluding carboxylic acids is 10. The summed E-state index contributed by atoms with van der Waals surface area (Å²) in [7, 11) is 2.66. The Morgan fingerprint density at radius 1 is 0.837 bits per heavy atom. The van der Waals surface area contributed by atoms with E-state index in [-0.39, 0.29) is 49.7 Å². The van der Waals surface area contributed by atoms with Gasteiger partial charge >= 0.3 is 23.9 Å². The molecule has 2 aromatic rings. The maximum Gasteiger partial charge on any atom is 0.347 e. The highest BCUT2D eigenvalue weighted by Gasteiger charge is 2.57. The largest absolute Gasteiger partial charge is 0.507 e. The third kappa shape index (κ3) is 17.2. The average molecular weight is 1220 g/mol. The van der Waals surface area contributed by atoms with E-state index in [0.717, 1.165) is 6.92 Å². The molecule has 0 saturated carbocycles. The summed E-state index contributed by atoms with van der Waals surface area (Å²) in [5.41, 5.74) is -6.41. The van der Waals surface area contributed by atoms with Crippen LogP contribution in [-0.2, 0) is 88.6 Å². The van der Waals surface area contributed by atoms with E-state index in [1.807, 2.05) is 0 Å². The summed E-state index contributed by atoms with van der Waals surface area (Å²) in [5.74, 6) is -21.4. The van der Waals surface area contributed by atoms with Crippen LogP contribution in [0.4, 0.5) is 0 Å². The van der Waals surface area contributed by atoms with E-state index in [9.17, 15) is 98.4 Å². The molecule has 86 heavy (non-hydrogen) atoms. The molecule has 1 heterocycles. The summed E-state index contributed by atoms with van der Waals surface area (Å²) in [4.78, 5) is 157. The van der Waals surface area contributed by atoms with Crippen molar-refractivity contribution in [2.45, 2.75) is 139 Å². The molecule has 3 aliphatic rings. The number of ketones is 5. The number of carbonyl (C=O) groups is 12. The lowest BCUT2D eigenvalue weighted by molar-refractivity contribution is -0.340. The first-order valence-corrected chi connectivity index (χ1v) is 27.2. The van der Waals surface area contributed by atoms with Gasteiger partial charge in [-0.15, -0.1) is 0 Å². The zero-order valence-electron chi connectivity index (χ0n) is 47.7. The van der Waals surface area contributed by atoms with Gasteiger partial charge in [-0.25, -0.2) is 4.79 Å². The highest BCUT2D eigenvalue weighted by molar-refractivity contribution is 6.31. The van der Waals surface area contributed by atoms with Gasteiger partial charge in [0.25, 0.3) is 0 Å². The van der Waals surface area contributed by atoms with Gasteiger partial charge in [0, 0.05) is 89.0 Å². The first kappa shape index (κ1) is 68.9. The number of carboxylic acids is 2. The fraction of sp³-hybridized carbons (Fsp3) is 0.571. The first-order chi connectivity index (χ1) is 40.5. The predicted molar refractivity (Wildman–Crippen MR) is 286 cm³/mol. The lowest BCUT2D eigenvalue weighted by Gasteiger charge is -2.46. The number of rotatable bonds is 33. The molecular formula is C56H71N3O27. The van der Waals surface area contributed by atoms with Gasteiger partial charge in [-0.2, -0.15) is 0 Å². The molecule has 0 radical (unpaired) electrons. The summed E-state index contributed by atoms with van der Waals surface area (Å²) < 4.78 is 37.1. The zero-order chi connectivity index (χ0) is 64.0. The van der Waals surface area contributed by atoms with Crippen molar-refractivity contribution in [3.05, 3.63) is 51.6 Å². The minimum absolute atomic E-state index is 0.0314. The van der Waals surface area contributed by atoms with E-state index in [4.69, 9.17) is 33.2 Å². The van der Waals surface area contributed by atoms with Crippen LogP contribution in [0.2, 0.25) is 0 Å². The monoisotopic (exact) mass is 1220 g/mol. The molecule has 472 valence electrons. The van der Waals surface area contributed by atoms with Crippen molar-refractivity contribution in [1.82, 2.24) is 16.0 Å². The summed E-state index contributed by atoms with van der Waals surface area (Å²) in [6, 6.07) is 0.788. The second-order valence-corrected chi connectivity index (χ2v) is 20.9. The van der Waals surface area contributed by atoms with Crippen LogP contribution in [0.3, 0.4) is 0 Å². The van der Waals surface area contributed by atoms with Crippen LogP contribution in [0.15, 0.2) is 18.2 Å². The van der Waals surface area contributed by atoms with Crippen molar-refractivity contribution < 1.29 is 132 Å². The van der Waals surface area contributed by atoms with E-state index in [1.165, 1.54) is 46.3 Å². The molecule has 0 spiro atoms. The lowest BCUT2D eigenvalue weighted by atomic mass is 9.70. The summed E-state index contributed by atoms with van der Waals surface area (Å²) in [6.45, 7) is 1.85. The number of benzene rings is 2. The van der Waals surface area contributed by atoms with Crippen LogP contribution in [0.25, 0.3) is 0 Å². The van der Waals surface area contributed by atoms with Crippen LogP contribution >= 0.6 is 0 Å². The number of hydrogen-bond donors (Lipinski definition) is 11. The van der Waals surface area contributed by atoms with Crippen LogP contribution < -0.4 is 20.7 Å². The number of esters is 2. The molecular weight excluding hydrogens is 1150 g/mol. The van der Waals surface area contributed by atoms with E-state index >= 15 is 0 Å². The molecule has 5 rings (SSSR count). The number of aliphatic hydroxyl groups is 4. The highest BCUT2D eigenvalue weighted by atomic mass is 16.7. The van der Waals surface area contributed by atoms with Crippen molar-refractivity contribution >= 4 is 70.5 Å². The summed E-state index contributed by atoms with van der Waals surface area (Å²) in [6.07, 6.45) is -13.9. The number of aliphatic carboxylic acids is 2. The molecule has 11 N–H and O–H groups in total. The van der Waals surface area contributed by atoms with E-state index in [2.05, 4.69) is 16.0 Å². The molecule has 1 saturated heterocycles. The highest BCUT2D eigenvalue weighted by Crippen LogP contribution is 2.54. The average Bonchev–Trinajstić information content (AvgIpc) is 0.715. The second kappa shape index (κ2) is 30.5. The first-order valence-electron chi connectivity index (χ1n) is 27.2. The van der Waals surface area contributed by atoms with E-state index in [0.29, 0.717) is 0 Å². The summed E-state index contributed by atoms with van der Waals surface area (Å²) >= 11 is 0. The molecule has 30 heteroatoms. The van der Waals surface area contributed by atoms with Gasteiger partial charge in [0.2, 0.25) is 29.3 Å². The number of carboxylic acid groups (broad SMARTS) is 2. The molecule has 1 aliphatic heterocycles. The minimum atomic E-state index is -3.17. The van der Waals surface area contributed by atoms with Crippen molar-refractivity contribution in [2.24, 2.45) is 11.8 Å². The minimum Gasteiger partial charge on any atom is -0.507 e. The number of methoxy groups -OCH3 is 2. The number of fused-ring (bicyclic) bond motifs is 3. The quantitative estimate of drug-likeness (QED) is 0.0146. The number of aromatic hydroxyl groups is 2. The van der Waals surface area contributed by atoms with Gasteiger partial charge in [-0.05, 0) is 39.2 Å². The molecule has 2 aliphatic carbocycles. The third-order valence-corrected chi connectivity index (χ3v) is 14.6. The Kier molecular flexibility index (Phi) is 24.4. The number of Topliss-reactive ketones (excluding diaryl/α,β-unsaturated/α-hetero) is 3. The molecule has 0 aromatic heterocycles. The lowest BCUT2D eigenvalue weighted by Crippen LogP contribution is -2.58. The van der Waals surface area contributed by atoms with Crippen LogP contribution in [0.5, 0.6) is 17.2 Å². The SMILES string of the molecule is COCCOCCNC(=O)CCC(CC(=O)COC(=O)C(C)OC(C)=O)C(=O)NC(CCC(=O)N[C@H]1C[C@H](O[C@@]2(O)C[C@](O)(C(=O)CO)Cc3c(O)c4c(c(O)c32)C(=O)c2c(OC)cccc2C4=O)O[C@@H](C)[C@H]1O)C(=O)CC(CCC(=O)O)C(=O)O. The van der Waals surface area contributed by atoms with Gasteiger partial charge in [-0.3, -0.25) is 52.7 Å². The number of phenolic OH excluding ortho intramolecular Hbond substituents is 2. The van der Waals surface area contributed by atoms with Gasteiger partial charge in [0.15, 0.2) is 35.5 Å². The number of amides is 3. The normalized spacial score (nSPS) is 21.8. The molecule has 2 aromatic carbocycles. The molecule has 10 atom stereocenters. The van der Waals surface area contributed by atoms with Crippen LogP contribution in [0, 0.1) is 11.8 Å². The number of phenols is 2. The van der Waals surface area contributed by atoms with Crippen molar-refractivity contribution in [3.63, 3.8) is 0 Å². The fourth-order valence-electron chi connectivity index (χ4n) is 10.2. The second-order valence-electron chi connectivity index (χ2n) is 20.9. The van der Waals surface area contributed by atoms with Crippen molar-refractivity contribution in [1.29, 1.82) is 0 Å². The Labute approximate surface area is 490 Å². The topological polar surface area (TPSA) is 467 Å². The smallest absolute Gasteiger partial charge is 0.347 e. The Morgan fingerprint density at radius 3 is 2.15 bits per heavy atom. The molecule has 30 nitrogen and oxygen atoms in total. The molecule has 4 unspecified atom stereocenters. The molecule has 1 fully saturated rings. The van der Waals surface area contributed by atoms with Gasteiger partial charge in [0.1, 0.15) is 42.2 Å². The molecule has 0 bridgehead atoms. The Balaban J connectivity index is 1.41. The fourth-order valence-corrected chi connectivity index (χ4v) is 10.2. The maximum atomic E-state index is 14.2. The number of aliphatic hydroxyl groups excluding tert-OH is 2. The Morgan fingerprint density at radius 2 is 1.51 bits per heavy atom. The van der Waals surface area contributed by atoms with Gasteiger partial charge in [0.05, 0.1) is 73.3 Å². The van der Waals surface area contributed by atoms with Crippen molar-refractivity contribution in [3.8, 4) is 17.2 Å². The Hall–Kier alpha value is -7.84. The molecule has 3 amide bonds. The van der Waals surface area contributed by atoms with E-state index in [1.54, 1.807) is 0 Å². The van der Waals surface area contributed by atoms with Crippen molar-refractivity contribution in [2.75, 3.05) is 53.8 Å². The van der Waals surface area contributed by atoms with Gasteiger partial charge in [-0.1, -0.05) is 12.1 Å². The number of nitrogens with one attached hydrogen (secondary N) is 3. The third-order valence-electron chi connectivity index (χ3n) is 14.6. The number of ether oxygens (including phenoxy) is 7. The Bertz CT molecular complexity index is 2950.